The van der Waals surface area contributed by atoms with Gasteiger partial charge in [0, 0.05) is 12.6 Å². The molecule has 4 nitrogen and oxygen atoms in total. The smallest absolute Gasteiger partial charge is 0.404 e. The molecule has 0 saturated heterocycles. The van der Waals surface area contributed by atoms with Crippen LogP contribution in [0.3, 0.4) is 0 Å². The molecular weight excluding hydrogens is 236 g/mol. The molecule has 1 amide bonds. The Hall–Kier alpha value is -0.780. The van der Waals surface area contributed by atoms with E-state index in [-0.39, 0.29) is 12.6 Å². The summed E-state index contributed by atoms with van der Waals surface area (Å²) in [5.74, 6) is 0. The molecule has 0 aliphatic heterocycles. The van der Waals surface area contributed by atoms with Gasteiger partial charge in [-0.2, -0.15) is 0 Å². The molecule has 1 atom stereocenters. The number of rotatable bonds is 5. The van der Waals surface area contributed by atoms with Crippen LogP contribution in [0.15, 0.2) is 11.4 Å². The van der Waals surface area contributed by atoms with Crippen LogP contribution in [-0.4, -0.2) is 19.2 Å². The van der Waals surface area contributed by atoms with Gasteiger partial charge in [-0.3, -0.25) is 0 Å². The van der Waals surface area contributed by atoms with E-state index in [1.807, 2.05) is 18.4 Å². The maximum Gasteiger partial charge on any atom is 0.404 e. The Bertz CT molecular complexity index is 330. The van der Waals surface area contributed by atoms with Crippen molar-refractivity contribution in [3.63, 3.8) is 0 Å². The molecule has 15 heavy (non-hydrogen) atoms. The molecule has 0 aliphatic carbocycles. The molecule has 3 N–H and O–H groups in total. The standard InChI is InChI=1S/C9H13ClN2O2S/c1-6(7-4-8(10)15-5-7)12-2-3-14-9(11)13/h4-6,12H,2-3H2,1H3,(H2,11,13). The number of halogens is 1. The van der Waals surface area contributed by atoms with Gasteiger partial charge in [0.15, 0.2) is 0 Å². The van der Waals surface area contributed by atoms with Gasteiger partial charge in [-0.15, -0.1) is 11.3 Å². The second kappa shape index (κ2) is 5.95. The van der Waals surface area contributed by atoms with E-state index in [9.17, 15) is 4.79 Å². The average molecular weight is 249 g/mol. The van der Waals surface area contributed by atoms with Gasteiger partial charge >= 0.3 is 6.09 Å². The van der Waals surface area contributed by atoms with Gasteiger partial charge in [0.2, 0.25) is 0 Å². The fourth-order valence-electron chi connectivity index (χ4n) is 1.10. The third-order valence-corrected chi connectivity index (χ3v) is 2.99. The van der Waals surface area contributed by atoms with Crippen LogP contribution in [0, 0.1) is 0 Å². The van der Waals surface area contributed by atoms with Crippen molar-refractivity contribution < 1.29 is 9.53 Å². The lowest BCUT2D eigenvalue weighted by Crippen LogP contribution is -2.25. The van der Waals surface area contributed by atoms with Crippen molar-refractivity contribution in [2.45, 2.75) is 13.0 Å². The number of carbonyl (C=O) groups excluding carboxylic acids is 1. The number of amides is 1. The molecule has 0 saturated carbocycles. The van der Waals surface area contributed by atoms with Crippen LogP contribution in [-0.2, 0) is 4.74 Å². The molecule has 1 heterocycles. The average Bonchev–Trinajstić information content (AvgIpc) is 2.59. The minimum Gasteiger partial charge on any atom is -0.448 e. The number of primary amides is 1. The number of hydrogen-bond acceptors (Lipinski definition) is 4. The Morgan fingerprint density at radius 3 is 3.07 bits per heavy atom. The Kier molecular flexibility index (Phi) is 4.87. The zero-order chi connectivity index (χ0) is 11.3. The minimum atomic E-state index is -0.747. The molecule has 1 aromatic rings. The van der Waals surface area contributed by atoms with Gasteiger partial charge < -0.3 is 15.8 Å². The summed E-state index contributed by atoms with van der Waals surface area (Å²) in [6, 6.07) is 2.10. The van der Waals surface area contributed by atoms with E-state index < -0.39 is 6.09 Å². The molecule has 0 radical (unpaired) electrons. The van der Waals surface area contributed by atoms with Crippen molar-refractivity contribution in [3.8, 4) is 0 Å². The maximum absolute atomic E-state index is 10.3. The van der Waals surface area contributed by atoms with Crippen LogP contribution < -0.4 is 11.1 Å². The molecule has 0 bridgehead atoms. The minimum absolute atomic E-state index is 0.185. The van der Waals surface area contributed by atoms with Gasteiger partial charge in [-0.05, 0) is 23.9 Å². The lowest BCUT2D eigenvalue weighted by atomic mass is 10.2. The van der Waals surface area contributed by atoms with Crippen LogP contribution in [0.2, 0.25) is 4.34 Å². The van der Waals surface area contributed by atoms with Crippen LogP contribution in [0.25, 0.3) is 0 Å². The molecule has 0 aliphatic rings. The quantitative estimate of drug-likeness (QED) is 0.785. The topological polar surface area (TPSA) is 64.3 Å². The lowest BCUT2D eigenvalue weighted by molar-refractivity contribution is 0.156. The highest BCUT2D eigenvalue weighted by Gasteiger charge is 2.06. The Morgan fingerprint density at radius 2 is 2.53 bits per heavy atom. The number of nitrogens with one attached hydrogen (secondary N) is 1. The molecular formula is C9H13ClN2O2S. The Labute approximate surface area is 97.4 Å². The van der Waals surface area contributed by atoms with Crippen molar-refractivity contribution >= 4 is 29.0 Å². The van der Waals surface area contributed by atoms with E-state index in [2.05, 4.69) is 10.1 Å². The van der Waals surface area contributed by atoms with Crippen molar-refractivity contribution in [1.82, 2.24) is 5.32 Å². The number of hydrogen-bond donors (Lipinski definition) is 2. The first-order valence-electron chi connectivity index (χ1n) is 4.49. The van der Waals surface area contributed by atoms with Crippen LogP contribution in [0.1, 0.15) is 18.5 Å². The first-order valence-corrected chi connectivity index (χ1v) is 5.75. The third kappa shape index (κ3) is 4.51. The summed E-state index contributed by atoms with van der Waals surface area (Å²) in [5, 5.41) is 5.18. The molecule has 0 aromatic carbocycles. The Balaban J connectivity index is 2.24. The van der Waals surface area contributed by atoms with Gasteiger partial charge in [-0.25, -0.2) is 4.79 Å². The zero-order valence-electron chi connectivity index (χ0n) is 8.33. The van der Waals surface area contributed by atoms with E-state index in [1.54, 1.807) is 0 Å². The fraction of sp³-hybridized carbons (Fsp3) is 0.444. The number of thiophene rings is 1. The molecule has 1 rings (SSSR count). The highest BCUT2D eigenvalue weighted by molar-refractivity contribution is 7.14. The van der Waals surface area contributed by atoms with Crippen LogP contribution in [0.5, 0.6) is 0 Å². The predicted molar refractivity (Wildman–Crippen MR) is 61.3 cm³/mol. The molecule has 1 aromatic heterocycles. The van der Waals surface area contributed by atoms with Crippen molar-refractivity contribution in [1.29, 1.82) is 0 Å². The fourth-order valence-corrected chi connectivity index (χ4v) is 2.08. The maximum atomic E-state index is 10.3. The molecule has 84 valence electrons. The summed E-state index contributed by atoms with van der Waals surface area (Å²) in [6.45, 7) is 2.86. The summed E-state index contributed by atoms with van der Waals surface area (Å²) in [4.78, 5) is 10.3. The summed E-state index contributed by atoms with van der Waals surface area (Å²) < 4.78 is 5.36. The number of nitrogens with two attached hydrogens (primary N) is 1. The highest BCUT2D eigenvalue weighted by atomic mass is 35.5. The van der Waals surface area contributed by atoms with Crippen molar-refractivity contribution in [2.24, 2.45) is 5.73 Å². The normalized spacial score (nSPS) is 12.4. The molecule has 6 heteroatoms. The lowest BCUT2D eigenvalue weighted by Gasteiger charge is -2.11. The SMILES string of the molecule is CC(NCCOC(N)=O)c1csc(Cl)c1. The second-order valence-electron chi connectivity index (χ2n) is 3.03. The summed E-state index contributed by atoms with van der Waals surface area (Å²) in [6.07, 6.45) is -0.747. The van der Waals surface area contributed by atoms with Crippen LogP contribution in [0.4, 0.5) is 4.79 Å². The predicted octanol–water partition coefficient (Wildman–Crippen LogP) is 2.15. The Morgan fingerprint density at radius 1 is 1.80 bits per heavy atom. The van der Waals surface area contributed by atoms with E-state index >= 15 is 0 Å². The van der Waals surface area contributed by atoms with E-state index in [1.165, 1.54) is 11.3 Å². The van der Waals surface area contributed by atoms with E-state index in [4.69, 9.17) is 17.3 Å². The molecule has 0 fully saturated rings. The van der Waals surface area contributed by atoms with Gasteiger partial charge in [0.1, 0.15) is 6.61 Å². The van der Waals surface area contributed by atoms with Gasteiger partial charge in [0.05, 0.1) is 4.34 Å². The summed E-state index contributed by atoms with van der Waals surface area (Å²) in [7, 11) is 0. The largest absolute Gasteiger partial charge is 0.448 e. The van der Waals surface area contributed by atoms with Gasteiger partial charge in [-0.1, -0.05) is 11.6 Å². The first kappa shape index (κ1) is 12.3. The number of carbonyl (C=O) groups is 1. The third-order valence-electron chi connectivity index (χ3n) is 1.88. The second-order valence-corrected chi connectivity index (χ2v) is 4.57. The van der Waals surface area contributed by atoms with E-state index in [0.717, 1.165) is 9.90 Å². The number of ether oxygens (including phenoxy) is 1. The summed E-state index contributed by atoms with van der Waals surface area (Å²) in [5.41, 5.74) is 5.95. The molecule has 1 unspecified atom stereocenters. The van der Waals surface area contributed by atoms with Gasteiger partial charge in [0.25, 0.3) is 0 Å². The zero-order valence-corrected chi connectivity index (χ0v) is 9.90. The monoisotopic (exact) mass is 248 g/mol. The molecule has 0 spiro atoms. The highest BCUT2D eigenvalue weighted by Crippen LogP contribution is 2.24. The van der Waals surface area contributed by atoms with Crippen LogP contribution >= 0.6 is 22.9 Å². The van der Waals surface area contributed by atoms with Crippen molar-refractivity contribution in [3.05, 3.63) is 21.3 Å². The van der Waals surface area contributed by atoms with E-state index in [0.29, 0.717) is 6.54 Å². The first-order chi connectivity index (χ1) is 7.09. The van der Waals surface area contributed by atoms with Crippen molar-refractivity contribution in [2.75, 3.05) is 13.2 Å². The summed E-state index contributed by atoms with van der Waals surface area (Å²) >= 11 is 7.31.